The quantitative estimate of drug-likeness (QED) is 0.621. The number of hydrogen-bond acceptors (Lipinski definition) is 4. The second-order valence-electron chi connectivity index (χ2n) is 4.56. The Bertz CT molecular complexity index is 598. The van der Waals surface area contributed by atoms with Gasteiger partial charge in [-0.2, -0.15) is 0 Å². The molecule has 1 fully saturated rings. The summed E-state index contributed by atoms with van der Waals surface area (Å²) in [5, 5.41) is 3.81. The first kappa shape index (κ1) is 13.5. The number of nitrogens with zero attached hydrogens (tertiary/aromatic N) is 1. The van der Waals surface area contributed by atoms with E-state index >= 15 is 0 Å². The maximum absolute atomic E-state index is 12.5. The summed E-state index contributed by atoms with van der Waals surface area (Å²) in [6.07, 6.45) is 0.415. The number of benzene rings is 1. The Morgan fingerprint density at radius 3 is 2.45 bits per heavy atom. The molecule has 0 spiro atoms. The zero-order valence-electron chi connectivity index (χ0n) is 10.7. The number of Topliss-reactive ketones (excluding diaryl/α,β-unsaturated/α-hetero) is 1. The maximum Gasteiger partial charge on any atom is 0.259 e. The van der Waals surface area contributed by atoms with Crippen LogP contribution in [-0.2, 0) is 16.1 Å². The lowest BCUT2D eigenvalue weighted by Gasteiger charge is -2.28. The fraction of sp³-hybridized carbons (Fsp3) is 0.200. The highest BCUT2D eigenvalue weighted by Crippen LogP contribution is 2.41. The van der Waals surface area contributed by atoms with Crippen LogP contribution < -0.4 is 0 Å². The van der Waals surface area contributed by atoms with Gasteiger partial charge in [-0.05, 0) is 16.4 Å². The van der Waals surface area contributed by atoms with Crippen LogP contribution in [0.15, 0.2) is 51.0 Å². The Balaban J connectivity index is 1.82. The van der Waals surface area contributed by atoms with E-state index in [1.165, 1.54) is 23.5 Å². The molecule has 2 heterocycles. The molecule has 0 unspecified atom stereocenters. The van der Waals surface area contributed by atoms with Crippen LogP contribution >= 0.6 is 23.5 Å². The molecule has 3 rings (SSSR count). The van der Waals surface area contributed by atoms with Crippen molar-refractivity contribution in [1.29, 1.82) is 0 Å². The molecule has 3 nitrogen and oxygen atoms in total. The van der Waals surface area contributed by atoms with Gasteiger partial charge in [0.05, 0.1) is 4.24 Å². The van der Waals surface area contributed by atoms with Crippen molar-refractivity contribution in [3.8, 4) is 0 Å². The minimum Gasteiger partial charge on any atom is -0.334 e. The van der Waals surface area contributed by atoms with Crippen molar-refractivity contribution in [3.63, 3.8) is 0 Å². The van der Waals surface area contributed by atoms with E-state index < -0.39 is 0 Å². The Morgan fingerprint density at radius 2 is 1.75 bits per heavy atom. The molecule has 0 saturated carbocycles. The minimum absolute atomic E-state index is 0.0296. The molecule has 0 bridgehead atoms. The topological polar surface area (TPSA) is 37.4 Å². The maximum atomic E-state index is 12.5. The highest BCUT2D eigenvalue weighted by molar-refractivity contribution is 8.27. The van der Waals surface area contributed by atoms with Gasteiger partial charge in [-0.15, -0.1) is 0 Å². The van der Waals surface area contributed by atoms with Crippen molar-refractivity contribution in [2.24, 2.45) is 0 Å². The molecule has 0 aromatic heterocycles. The van der Waals surface area contributed by atoms with E-state index in [9.17, 15) is 9.59 Å². The Kier molecular flexibility index (Phi) is 3.98. The van der Waals surface area contributed by atoms with Crippen LogP contribution in [0.3, 0.4) is 0 Å². The van der Waals surface area contributed by atoms with Gasteiger partial charge in [0.2, 0.25) is 0 Å². The van der Waals surface area contributed by atoms with E-state index in [0.29, 0.717) is 25.1 Å². The molecule has 1 amide bonds. The number of ketones is 1. The second kappa shape index (κ2) is 5.89. The lowest BCUT2D eigenvalue weighted by atomic mass is 10.0. The van der Waals surface area contributed by atoms with Gasteiger partial charge in [0.25, 0.3) is 5.91 Å². The third-order valence-corrected chi connectivity index (χ3v) is 5.35. The predicted molar refractivity (Wildman–Crippen MR) is 82.8 cm³/mol. The van der Waals surface area contributed by atoms with Crippen LogP contribution in [0.1, 0.15) is 12.0 Å². The summed E-state index contributed by atoms with van der Waals surface area (Å²) in [5.41, 5.74) is 1.46. The van der Waals surface area contributed by atoms with Crippen molar-refractivity contribution in [3.05, 3.63) is 56.5 Å². The Hall–Kier alpha value is -1.46. The van der Waals surface area contributed by atoms with Crippen molar-refractivity contribution >= 4 is 35.2 Å². The molecular weight excluding hydrogens is 290 g/mol. The SMILES string of the molecule is O=C1CCN(Cc2ccccc2)C(=O)C1=C1SC=CS1. The average molecular weight is 303 g/mol. The van der Waals surface area contributed by atoms with Gasteiger partial charge in [0.1, 0.15) is 5.57 Å². The molecule has 1 aromatic carbocycles. The number of thioether (sulfide) groups is 2. The number of amides is 1. The molecule has 2 aliphatic rings. The van der Waals surface area contributed by atoms with E-state index in [1.54, 1.807) is 4.90 Å². The average Bonchev–Trinajstić information content (AvgIpc) is 2.97. The van der Waals surface area contributed by atoms with Gasteiger partial charge in [-0.1, -0.05) is 53.9 Å². The first-order valence-electron chi connectivity index (χ1n) is 6.35. The fourth-order valence-electron chi connectivity index (χ4n) is 2.22. The molecule has 0 radical (unpaired) electrons. The molecular formula is C15H13NO2S2. The summed E-state index contributed by atoms with van der Waals surface area (Å²) in [5.74, 6) is -0.165. The fourth-order valence-corrected chi connectivity index (χ4v) is 4.11. The number of carbonyl (C=O) groups is 2. The number of rotatable bonds is 2. The first-order chi connectivity index (χ1) is 9.75. The lowest BCUT2D eigenvalue weighted by Crippen LogP contribution is -2.40. The summed E-state index contributed by atoms with van der Waals surface area (Å²) in [4.78, 5) is 26.3. The minimum atomic E-state index is -0.135. The lowest BCUT2D eigenvalue weighted by molar-refractivity contribution is -0.133. The van der Waals surface area contributed by atoms with E-state index in [2.05, 4.69) is 0 Å². The van der Waals surface area contributed by atoms with Gasteiger partial charge in [-0.25, -0.2) is 0 Å². The van der Waals surface area contributed by atoms with Gasteiger partial charge in [0, 0.05) is 19.5 Å². The Morgan fingerprint density at radius 1 is 1.05 bits per heavy atom. The van der Waals surface area contributed by atoms with Gasteiger partial charge < -0.3 is 4.90 Å². The molecule has 2 aliphatic heterocycles. The summed E-state index contributed by atoms with van der Waals surface area (Å²) in [6.45, 7) is 1.07. The van der Waals surface area contributed by atoms with E-state index in [4.69, 9.17) is 0 Å². The van der Waals surface area contributed by atoms with Gasteiger partial charge in [0.15, 0.2) is 5.78 Å². The number of carbonyl (C=O) groups excluding carboxylic acids is 2. The molecule has 0 atom stereocenters. The standard InChI is InChI=1S/C15H13NO2S2/c17-12-6-7-16(10-11-4-2-1-3-5-11)14(18)13(12)15-19-8-9-20-15/h1-5,8-9H,6-7,10H2. The van der Waals surface area contributed by atoms with Crippen LogP contribution in [0.5, 0.6) is 0 Å². The molecule has 20 heavy (non-hydrogen) atoms. The normalized spacial score (nSPS) is 19.1. The molecule has 0 aliphatic carbocycles. The molecule has 0 N–H and O–H groups in total. The van der Waals surface area contributed by atoms with Crippen LogP contribution in [-0.4, -0.2) is 23.1 Å². The summed E-state index contributed by atoms with van der Waals surface area (Å²) >= 11 is 2.92. The highest BCUT2D eigenvalue weighted by atomic mass is 32.2. The van der Waals surface area contributed by atoms with E-state index in [0.717, 1.165) is 9.80 Å². The number of piperidine rings is 1. The second-order valence-corrected chi connectivity index (χ2v) is 6.65. The van der Waals surface area contributed by atoms with Crippen molar-refractivity contribution in [1.82, 2.24) is 4.90 Å². The monoisotopic (exact) mass is 303 g/mol. The molecule has 1 aromatic rings. The summed E-state index contributed by atoms with van der Waals surface area (Å²) in [7, 11) is 0. The third-order valence-electron chi connectivity index (χ3n) is 3.21. The van der Waals surface area contributed by atoms with E-state index in [-0.39, 0.29) is 11.7 Å². The van der Waals surface area contributed by atoms with Crippen LogP contribution in [0.4, 0.5) is 0 Å². The first-order valence-corrected chi connectivity index (χ1v) is 8.10. The summed E-state index contributed by atoms with van der Waals surface area (Å²) < 4.78 is 0.817. The molecule has 5 heteroatoms. The van der Waals surface area contributed by atoms with Crippen molar-refractivity contribution < 1.29 is 9.59 Å². The van der Waals surface area contributed by atoms with Crippen LogP contribution in [0.2, 0.25) is 0 Å². The smallest absolute Gasteiger partial charge is 0.259 e. The number of likely N-dealkylation sites (tertiary alicyclic amines) is 1. The zero-order chi connectivity index (χ0) is 13.9. The third kappa shape index (κ3) is 2.69. The Labute approximate surface area is 126 Å². The van der Waals surface area contributed by atoms with Gasteiger partial charge >= 0.3 is 0 Å². The highest BCUT2D eigenvalue weighted by Gasteiger charge is 2.33. The predicted octanol–water partition coefficient (Wildman–Crippen LogP) is 3.15. The zero-order valence-corrected chi connectivity index (χ0v) is 12.4. The van der Waals surface area contributed by atoms with Crippen molar-refractivity contribution in [2.45, 2.75) is 13.0 Å². The summed E-state index contributed by atoms with van der Waals surface area (Å²) in [6, 6.07) is 9.87. The van der Waals surface area contributed by atoms with Gasteiger partial charge in [-0.3, -0.25) is 9.59 Å². The van der Waals surface area contributed by atoms with Crippen LogP contribution in [0.25, 0.3) is 0 Å². The van der Waals surface area contributed by atoms with Crippen LogP contribution in [0, 0.1) is 0 Å². The number of hydrogen-bond donors (Lipinski definition) is 0. The van der Waals surface area contributed by atoms with E-state index in [1.807, 2.05) is 41.1 Å². The molecule has 1 saturated heterocycles. The largest absolute Gasteiger partial charge is 0.334 e. The van der Waals surface area contributed by atoms with Crippen molar-refractivity contribution in [2.75, 3.05) is 6.54 Å². The molecule has 102 valence electrons.